The summed E-state index contributed by atoms with van der Waals surface area (Å²) in [4.78, 5) is 8.40. The van der Waals surface area contributed by atoms with Crippen molar-refractivity contribution in [3.05, 3.63) is 48.5 Å². The zero-order valence-corrected chi connectivity index (χ0v) is 13.4. The molecule has 3 aromatic rings. The number of nitrogens with one attached hydrogen (secondary N) is 1. The number of methoxy groups -OCH3 is 2. The molecule has 0 saturated carbocycles. The van der Waals surface area contributed by atoms with E-state index >= 15 is 0 Å². The standard InChI is InChI=1S/C16H14FN3O2.ClH/c1-21-14-7-10-13(8-15(14)22-2)18-9-19-16(10)20-12-6-4-3-5-11(12)17;/h3-9H,1-2H3,(H,18,19,20);1H. The zero-order valence-electron chi connectivity index (χ0n) is 12.5. The Morgan fingerprint density at radius 1 is 1.00 bits per heavy atom. The molecule has 1 aromatic heterocycles. The minimum atomic E-state index is -0.352. The average Bonchev–Trinajstić information content (AvgIpc) is 2.56. The lowest BCUT2D eigenvalue weighted by atomic mass is 10.2. The summed E-state index contributed by atoms with van der Waals surface area (Å²) in [5, 5.41) is 3.69. The van der Waals surface area contributed by atoms with Gasteiger partial charge in [0.05, 0.1) is 25.4 Å². The zero-order chi connectivity index (χ0) is 15.5. The number of hydrogen-bond donors (Lipinski definition) is 1. The number of halogens is 2. The predicted molar refractivity (Wildman–Crippen MR) is 89.6 cm³/mol. The number of fused-ring (bicyclic) bond motifs is 1. The molecule has 0 atom stereocenters. The Hall–Kier alpha value is -2.60. The first-order valence-electron chi connectivity index (χ1n) is 6.61. The normalized spacial score (nSPS) is 10.0. The van der Waals surface area contributed by atoms with E-state index in [1.807, 2.05) is 0 Å². The van der Waals surface area contributed by atoms with Crippen molar-refractivity contribution < 1.29 is 13.9 Å². The fourth-order valence-corrected chi connectivity index (χ4v) is 2.17. The number of rotatable bonds is 4. The molecule has 3 rings (SSSR count). The van der Waals surface area contributed by atoms with Crippen molar-refractivity contribution >= 4 is 34.8 Å². The van der Waals surface area contributed by atoms with Crippen molar-refractivity contribution in [1.82, 2.24) is 9.97 Å². The van der Waals surface area contributed by atoms with Gasteiger partial charge in [0.2, 0.25) is 0 Å². The van der Waals surface area contributed by atoms with Gasteiger partial charge in [0.25, 0.3) is 0 Å². The predicted octanol–water partition coefficient (Wildman–Crippen LogP) is 3.95. The van der Waals surface area contributed by atoms with E-state index in [9.17, 15) is 4.39 Å². The van der Waals surface area contributed by atoms with Gasteiger partial charge < -0.3 is 14.8 Å². The molecular weight excluding hydrogens is 321 g/mol. The van der Waals surface area contributed by atoms with Crippen LogP contribution in [0.15, 0.2) is 42.7 Å². The van der Waals surface area contributed by atoms with Gasteiger partial charge in [-0.3, -0.25) is 0 Å². The summed E-state index contributed by atoms with van der Waals surface area (Å²) in [6.45, 7) is 0. The van der Waals surface area contributed by atoms with Crippen LogP contribution in [0.5, 0.6) is 11.5 Å². The topological polar surface area (TPSA) is 56.3 Å². The molecule has 1 heterocycles. The van der Waals surface area contributed by atoms with Gasteiger partial charge in [0, 0.05) is 11.5 Å². The van der Waals surface area contributed by atoms with Gasteiger partial charge in [-0.1, -0.05) is 12.1 Å². The van der Waals surface area contributed by atoms with Crippen molar-refractivity contribution in [2.45, 2.75) is 0 Å². The van der Waals surface area contributed by atoms with Crippen LogP contribution in [0.2, 0.25) is 0 Å². The van der Waals surface area contributed by atoms with Crippen LogP contribution in [0.1, 0.15) is 0 Å². The summed E-state index contributed by atoms with van der Waals surface area (Å²) in [7, 11) is 3.11. The van der Waals surface area contributed by atoms with Crippen molar-refractivity contribution in [1.29, 1.82) is 0 Å². The summed E-state index contributed by atoms with van der Waals surface area (Å²) < 4.78 is 24.3. The first-order chi connectivity index (χ1) is 10.7. The van der Waals surface area contributed by atoms with Crippen LogP contribution in [0, 0.1) is 5.82 Å². The fraction of sp³-hybridized carbons (Fsp3) is 0.125. The van der Waals surface area contributed by atoms with E-state index in [0.29, 0.717) is 33.9 Å². The Morgan fingerprint density at radius 3 is 2.39 bits per heavy atom. The number of nitrogens with zero attached hydrogens (tertiary/aromatic N) is 2. The molecule has 23 heavy (non-hydrogen) atoms. The molecule has 5 nitrogen and oxygen atoms in total. The SMILES string of the molecule is COc1cc2ncnc(Nc3ccccc3F)c2cc1OC.Cl. The van der Waals surface area contributed by atoms with Gasteiger partial charge in [0.15, 0.2) is 11.5 Å². The van der Waals surface area contributed by atoms with E-state index in [-0.39, 0.29) is 18.2 Å². The summed E-state index contributed by atoms with van der Waals surface area (Å²) in [5.74, 6) is 1.28. The number of benzene rings is 2. The van der Waals surface area contributed by atoms with E-state index < -0.39 is 0 Å². The quantitative estimate of drug-likeness (QED) is 0.782. The molecule has 0 aliphatic carbocycles. The smallest absolute Gasteiger partial charge is 0.162 e. The second-order valence-electron chi connectivity index (χ2n) is 4.55. The number of hydrogen-bond acceptors (Lipinski definition) is 5. The van der Waals surface area contributed by atoms with Gasteiger partial charge in [-0.05, 0) is 18.2 Å². The summed E-state index contributed by atoms with van der Waals surface area (Å²) in [6, 6.07) is 9.92. The van der Waals surface area contributed by atoms with Gasteiger partial charge in [0.1, 0.15) is 18.0 Å². The Kier molecular flexibility index (Phi) is 5.18. The van der Waals surface area contributed by atoms with Crippen molar-refractivity contribution in [2.24, 2.45) is 0 Å². The minimum absolute atomic E-state index is 0. The van der Waals surface area contributed by atoms with Crippen molar-refractivity contribution in [2.75, 3.05) is 19.5 Å². The first-order valence-corrected chi connectivity index (χ1v) is 6.61. The van der Waals surface area contributed by atoms with Crippen LogP contribution in [-0.2, 0) is 0 Å². The second kappa shape index (κ2) is 7.11. The van der Waals surface area contributed by atoms with Gasteiger partial charge in [-0.15, -0.1) is 12.4 Å². The number of ether oxygens (including phenoxy) is 2. The maximum Gasteiger partial charge on any atom is 0.162 e. The van der Waals surface area contributed by atoms with Crippen LogP contribution in [0.25, 0.3) is 10.9 Å². The van der Waals surface area contributed by atoms with Crippen LogP contribution in [0.3, 0.4) is 0 Å². The molecule has 0 saturated heterocycles. The molecule has 0 spiro atoms. The van der Waals surface area contributed by atoms with Crippen LogP contribution >= 0.6 is 12.4 Å². The van der Waals surface area contributed by atoms with Gasteiger partial charge in [-0.2, -0.15) is 0 Å². The fourth-order valence-electron chi connectivity index (χ4n) is 2.17. The Morgan fingerprint density at radius 2 is 1.70 bits per heavy atom. The first kappa shape index (κ1) is 16.8. The van der Waals surface area contributed by atoms with Gasteiger partial charge >= 0.3 is 0 Å². The highest BCUT2D eigenvalue weighted by atomic mass is 35.5. The minimum Gasteiger partial charge on any atom is -0.493 e. The Balaban J connectivity index is 0.00000192. The molecular formula is C16H15ClFN3O2. The van der Waals surface area contributed by atoms with Crippen LogP contribution < -0.4 is 14.8 Å². The summed E-state index contributed by atoms with van der Waals surface area (Å²) in [5.41, 5.74) is 1.02. The lowest BCUT2D eigenvalue weighted by Gasteiger charge is -2.12. The van der Waals surface area contributed by atoms with E-state index in [1.165, 1.54) is 12.4 Å². The third-order valence-electron chi connectivity index (χ3n) is 3.27. The van der Waals surface area contributed by atoms with Crippen LogP contribution in [-0.4, -0.2) is 24.2 Å². The third-order valence-corrected chi connectivity index (χ3v) is 3.27. The molecule has 120 valence electrons. The van der Waals surface area contributed by atoms with Gasteiger partial charge in [-0.25, -0.2) is 14.4 Å². The molecule has 0 fully saturated rings. The molecule has 0 aliphatic rings. The number of aromatic nitrogens is 2. The maximum absolute atomic E-state index is 13.8. The lowest BCUT2D eigenvalue weighted by Crippen LogP contribution is -1.99. The highest BCUT2D eigenvalue weighted by molar-refractivity contribution is 5.93. The molecule has 0 aliphatic heterocycles. The molecule has 1 N–H and O–H groups in total. The Labute approximate surface area is 138 Å². The molecule has 0 bridgehead atoms. The second-order valence-corrected chi connectivity index (χ2v) is 4.55. The number of para-hydroxylation sites is 1. The van der Waals surface area contributed by atoms with E-state index in [0.717, 1.165) is 0 Å². The van der Waals surface area contributed by atoms with Crippen molar-refractivity contribution in [3.63, 3.8) is 0 Å². The molecule has 7 heteroatoms. The molecule has 0 radical (unpaired) electrons. The van der Waals surface area contributed by atoms with Crippen molar-refractivity contribution in [3.8, 4) is 11.5 Å². The van der Waals surface area contributed by atoms with Crippen LogP contribution in [0.4, 0.5) is 15.9 Å². The summed E-state index contributed by atoms with van der Waals surface area (Å²) >= 11 is 0. The monoisotopic (exact) mass is 335 g/mol. The Bertz CT molecular complexity index is 830. The third kappa shape index (κ3) is 3.27. The molecule has 2 aromatic carbocycles. The number of anilines is 2. The lowest BCUT2D eigenvalue weighted by molar-refractivity contribution is 0.356. The highest BCUT2D eigenvalue weighted by Gasteiger charge is 2.12. The molecule has 0 unspecified atom stereocenters. The average molecular weight is 336 g/mol. The van der Waals surface area contributed by atoms with E-state index in [4.69, 9.17) is 9.47 Å². The van der Waals surface area contributed by atoms with E-state index in [1.54, 1.807) is 44.6 Å². The maximum atomic E-state index is 13.8. The van der Waals surface area contributed by atoms with E-state index in [2.05, 4.69) is 15.3 Å². The molecule has 0 amide bonds. The highest BCUT2D eigenvalue weighted by Crippen LogP contribution is 2.34. The largest absolute Gasteiger partial charge is 0.493 e. The summed E-state index contributed by atoms with van der Waals surface area (Å²) in [6.07, 6.45) is 1.41.